The minimum Gasteiger partial charge on any atom is -0.378 e. The number of hydrogen-bond donors (Lipinski definition) is 2. The Morgan fingerprint density at radius 1 is 1.14 bits per heavy atom. The maximum atomic E-state index is 4.01. The molecule has 3 heterocycles. The fourth-order valence-electron chi connectivity index (χ4n) is 6.05. The summed E-state index contributed by atoms with van der Waals surface area (Å²) in [7, 11) is 0. The van der Waals surface area contributed by atoms with E-state index in [2.05, 4.69) is 93.0 Å². The Kier molecular flexibility index (Phi) is 3.35. The zero-order chi connectivity index (χ0) is 19.9. The van der Waals surface area contributed by atoms with E-state index in [9.17, 15) is 0 Å². The predicted octanol–water partition coefficient (Wildman–Crippen LogP) is 6.50. The third-order valence-electron chi connectivity index (χ3n) is 7.39. The van der Waals surface area contributed by atoms with E-state index in [1.165, 1.54) is 50.1 Å². The van der Waals surface area contributed by atoms with Gasteiger partial charge in [-0.1, -0.05) is 63.3 Å². The number of benzene rings is 2. The van der Waals surface area contributed by atoms with E-state index in [0.29, 0.717) is 17.9 Å². The molecule has 1 aliphatic carbocycles. The maximum Gasteiger partial charge on any atom is 0.0665 e. The normalized spacial score (nSPS) is 28.6. The first kappa shape index (κ1) is 17.1. The summed E-state index contributed by atoms with van der Waals surface area (Å²) in [4.78, 5) is 0. The van der Waals surface area contributed by atoms with Crippen LogP contribution in [0.4, 0.5) is 5.69 Å². The molecule has 0 spiro atoms. The molecule has 146 valence electrons. The van der Waals surface area contributed by atoms with Crippen molar-refractivity contribution in [1.82, 2.24) is 5.32 Å². The summed E-state index contributed by atoms with van der Waals surface area (Å²) in [6, 6.07) is 11.6. The van der Waals surface area contributed by atoms with E-state index >= 15 is 0 Å². The van der Waals surface area contributed by atoms with Crippen LogP contribution in [-0.4, -0.2) is 6.04 Å². The van der Waals surface area contributed by atoms with Crippen LogP contribution < -0.4 is 10.6 Å². The summed E-state index contributed by atoms with van der Waals surface area (Å²) >= 11 is 0. The van der Waals surface area contributed by atoms with Gasteiger partial charge in [-0.3, -0.25) is 0 Å². The third-order valence-corrected chi connectivity index (χ3v) is 7.39. The standard InChI is InChI=1S/C27H28N2/c1-15(2)13-18-8-6-12-27(4)20(18)14-22-25-24-19(16(3)26(27)29-25)11-10-17-7-5-9-21(28-22)23(17)24/h5-12,14-16,26,28-29H,13H2,1-4H3. The number of nitrogens with one attached hydrogen (secondary N) is 2. The Labute approximate surface area is 173 Å². The van der Waals surface area contributed by atoms with E-state index in [1.54, 1.807) is 0 Å². The monoisotopic (exact) mass is 380 g/mol. The van der Waals surface area contributed by atoms with Crippen molar-refractivity contribution < 1.29 is 0 Å². The second kappa shape index (κ2) is 5.66. The van der Waals surface area contributed by atoms with E-state index in [-0.39, 0.29) is 5.41 Å². The fourth-order valence-corrected chi connectivity index (χ4v) is 6.05. The molecular formula is C27H28N2. The Bertz CT molecular complexity index is 1190. The smallest absolute Gasteiger partial charge is 0.0665 e. The van der Waals surface area contributed by atoms with Crippen LogP contribution in [-0.2, 0) is 0 Å². The van der Waals surface area contributed by atoms with Gasteiger partial charge in [0.15, 0.2) is 0 Å². The lowest BCUT2D eigenvalue weighted by molar-refractivity contribution is 0.317. The molecule has 2 bridgehead atoms. The lowest BCUT2D eigenvalue weighted by Crippen LogP contribution is -2.49. The largest absolute Gasteiger partial charge is 0.378 e. The van der Waals surface area contributed by atoms with Crippen LogP contribution in [0.2, 0.25) is 0 Å². The van der Waals surface area contributed by atoms with Gasteiger partial charge in [-0.25, -0.2) is 0 Å². The van der Waals surface area contributed by atoms with Crippen molar-refractivity contribution in [2.45, 2.75) is 46.1 Å². The van der Waals surface area contributed by atoms with E-state index in [4.69, 9.17) is 0 Å². The molecule has 0 fully saturated rings. The van der Waals surface area contributed by atoms with E-state index < -0.39 is 0 Å². The first-order valence-corrected chi connectivity index (χ1v) is 10.9. The highest BCUT2D eigenvalue weighted by molar-refractivity contribution is 6.08. The molecule has 0 amide bonds. The Morgan fingerprint density at radius 2 is 2.00 bits per heavy atom. The highest BCUT2D eigenvalue weighted by Crippen LogP contribution is 2.54. The predicted molar refractivity (Wildman–Crippen MR) is 123 cm³/mol. The van der Waals surface area contributed by atoms with Crippen molar-refractivity contribution in [3.63, 3.8) is 0 Å². The van der Waals surface area contributed by atoms with Crippen LogP contribution in [0.3, 0.4) is 0 Å². The molecule has 2 N–H and O–H groups in total. The molecule has 4 aliphatic rings. The molecule has 29 heavy (non-hydrogen) atoms. The van der Waals surface area contributed by atoms with Gasteiger partial charge in [-0.2, -0.15) is 0 Å². The molecule has 3 unspecified atom stereocenters. The SMILES string of the molecule is CC(C)CC1=CC=CC2(C)C1=CC1=C3NC2C(C)c2ccc4cccc(c4c23)N1. The van der Waals surface area contributed by atoms with Crippen LogP contribution in [0.15, 0.2) is 71.5 Å². The van der Waals surface area contributed by atoms with E-state index in [0.717, 1.165) is 6.42 Å². The Balaban J connectivity index is 1.66. The number of allylic oxidation sites excluding steroid dienone is 4. The Hall–Kier alpha value is -2.74. The first-order valence-electron chi connectivity index (χ1n) is 10.9. The van der Waals surface area contributed by atoms with Gasteiger partial charge in [0.25, 0.3) is 0 Å². The number of hydrogen-bond acceptors (Lipinski definition) is 2. The average molecular weight is 381 g/mol. The second-order valence-corrected chi connectivity index (χ2v) is 9.75. The van der Waals surface area contributed by atoms with Gasteiger partial charge in [0.2, 0.25) is 0 Å². The topological polar surface area (TPSA) is 24.1 Å². The van der Waals surface area contributed by atoms with Gasteiger partial charge < -0.3 is 10.6 Å². The minimum atomic E-state index is -0.0315. The highest BCUT2D eigenvalue weighted by atomic mass is 15.0. The van der Waals surface area contributed by atoms with Crippen molar-refractivity contribution >= 4 is 22.2 Å². The van der Waals surface area contributed by atoms with Gasteiger partial charge in [0, 0.05) is 34.0 Å². The highest BCUT2D eigenvalue weighted by Gasteiger charge is 2.47. The van der Waals surface area contributed by atoms with Gasteiger partial charge in [-0.05, 0) is 53.5 Å². The van der Waals surface area contributed by atoms with Gasteiger partial charge in [0.1, 0.15) is 0 Å². The summed E-state index contributed by atoms with van der Waals surface area (Å²) in [6.45, 7) is 9.46. The van der Waals surface area contributed by atoms with Gasteiger partial charge in [-0.15, -0.1) is 0 Å². The lowest BCUT2D eigenvalue weighted by atomic mass is 9.64. The van der Waals surface area contributed by atoms with Crippen LogP contribution >= 0.6 is 0 Å². The van der Waals surface area contributed by atoms with Crippen molar-refractivity contribution in [2.75, 3.05) is 5.32 Å². The van der Waals surface area contributed by atoms with Crippen LogP contribution in [0, 0.1) is 11.3 Å². The maximum absolute atomic E-state index is 4.01. The van der Waals surface area contributed by atoms with E-state index in [1.807, 2.05) is 0 Å². The fraction of sp³-hybridized carbons (Fsp3) is 0.333. The van der Waals surface area contributed by atoms with Gasteiger partial charge >= 0.3 is 0 Å². The second-order valence-electron chi connectivity index (χ2n) is 9.75. The summed E-state index contributed by atoms with van der Waals surface area (Å²) < 4.78 is 0. The molecule has 6 rings (SSSR count). The summed E-state index contributed by atoms with van der Waals surface area (Å²) in [5.41, 5.74) is 9.54. The zero-order valence-electron chi connectivity index (χ0n) is 17.6. The molecule has 3 aliphatic heterocycles. The van der Waals surface area contributed by atoms with Gasteiger partial charge in [0.05, 0.1) is 11.4 Å². The third kappa shape index (κ3) is 2.18. The molecule has 0 radical (unpaired) electrons. The number of fused-ring (bicyclic) bond motifs is 3. The molecule has 0 saturated heterocycles. The van der Waals surface area contributed by atoms with Crippen molar-refractivity contribution in [1.29, 1.82) is 0 Å². The van der Waals surface area contributed by atoms with Crippen LogP contribution in [0.1, 0.15) is 51.2 Å². The molecule has 2 aromatic rings. The van der Waals surface area contributed by atoms with Crippen molar-refractivity contribution in [3.05, 3.63) is 82.6 Å². The molecular weight excluding hydrogens is 352 g/mol. The summed E-state index contributed by atoms with van der Waals surface area (Å²) in [6.07, 6.45) is 10.6. The first-order chi connectivity index (χ1) is 14.0. The quantitative estimate of drug-likeness (QED) is 0.621. The molecule has 2 aromatic carbocycles. The number of anilines is 1. The van der Waals surface area contributed by atoms with Crippen LogP contribution in [0.5, 0.6) is 0 Å². The van der Waals surface area contributed by atoms with Crippen LogP contribution in [0.25, 0.3) is 16.5 Å². The summed E-state index contributed by atoms with van der Waals surface area (Å²) in [5, 5.41) is 10.5. The molecule has 3 atom stereocenters. The molecule has 0 aromatic heterocycles. The minimum absolute atomic E-state index is 0.0315. The molecule has 0 saturated carbocycles. The number of rotatable bonds is 2. The lowest BCUT2D eigenvalue weighted by Gasteiger charge is -2.46. The average Bonchev–Trinajstić information content (AvgIpc) is 2.81. The summed E-state index contributed by atoms with van der Waals surface area (Å²) in [5.74, 6) is 1.07. The molecule has 2 nitrogen and oxygen atoms in total. The molecule has 2 heteroatoms. The zero-order valence-corrected chi connectivity index (χ0v) is 17.6. The van der Waals surface area contributed by atoms with Crippen molar-refractivity contribution in [3.8, 4) is 0 Å². The Morgan fingerprint density at radius 3 is 2.83 bits per heavy atom. The van der Waals surface area contributed by atoms with Crippen molar-refractivity contribution in [2.24, 2.45) is 11.3 Å².